The van der Waals surface area contributed by atoms with E-state index < -0.39 is 12.2 Å². The Balaban J connectivity index is 1.51. The lowest BCUT2D eigenvalue weighted by Crippen LogP contribution is -2.48. The molecule has 0 bridgehead atoms. The van der Waals surface area contributed by atoms with E-state index in [0.29, 0.717) is 5.92 Å². The van der Waals surface area contributed by atoms with E-state index >= 15 is 0 Å². The van der Waals surface area contributed by atoms with Gasteiger partial charge >= 0.3 is 0 Å². The summed E-state index contributed by atoms with van der Waals surface area (Å²) in [6.45, 7) is 3.39. The Labute approximate surface area is 179 Å². The van der Waals surface area contributed by atoms with Gasteiger partial charge in [-0.25, -0.2) is 9.37 Å². The van der Waals surface area contributed by atoms with Gasteiger partial charge in [0.15, 0.2) is 0 Å². The number of hydrogen-bond acceptors (Lipinski definition) is 5. The van der Waals surface area contributed by atoms with Crippen LogP contribution in [-0.4, -0.2) is 61.3 Å². The van der Waals surface area contributed by atoms with Crippen LogP contribution in [0.25, 0.3) is 0 Å². The number of nitriles is 1. The average molecular weight is 502 g/mol. The summed E-state index contributed by atoms with van der Waals surface area (Å²) in [5.41, 5.74) is 0.117. The molecule has 2 fully saturated rings. The molecule has 0 radical (unpaired) electrons. The number of aromatic nitrogens is 3. The maximum atomic E-state index is 13.6. The van der Waals surface area contributed by atoms with Crippen molar-refractivity contribution in [2.45, 2.75) is 63.8 Å². The molecule has 5 atom stereocenters. The summed E-state index contributed by atoms with van der Waals surface area (Å²) in [5.74, 6) is 0.423. The molecule has 1 aromatic rings. The van der Waals surface area contributed by atoms with E-state index in [9.17, 15) is 9.18 Å². The number of carbonyl (C=O) groups is 1. The van der Waals surface area contributed by atoms with Gasteiger partial charge in [0.1, 0.15) is 24.9 Å². The van der Waals surface area contributed by atoms with Crippen LogP contribution in [-0.2, 0) is 11.3 Å². The first-order chi connectivity index (χ1) is 13.5. The van der Waals surface area contributed by atoms with E-state index in [1.54, 1.807) is 12.7 Å². The van der Waals surface area contributed by atoms with E-state index in [0.717, 1.165) is 36.7 Å². The number of hydrogen-bond donors (Lipinski definition) is 1. The quantitative estimate of drug-likeness (QED) is 0.436. The van der Waals surface area contributed by atoms with Gasteiger partial charge < -0.3 is 10.2 Å². The summed E-state index contributed by atoms with van der Waals surface area (Å²) in [6, 6.07) is 1.67. The second-order valence-corrected chi connectivity index (χ2v) is 8.93. The lowest BCUT2D eigenvalue weighted by molar-refractivity contribution is -0.130. The maximum Gasteiger partial charge on any atom is 0.237 e. The Morgan fingerprint density at radius 1 is 1.50 bits per heavy atom. The van der Waals surface area contributed by atoms with Gasteiger partial charge in [0.05, 0.1) is 19.2 Å². The topological polar surface area (TPSA) is 86.8 Å². The second kappa shape index (κ2) is 9.48. The molecule has 3 rings (SSSR count). The van der Waals surface area contributed by atoms with Crippen molar-refractivity contribution in [1.82, 2.24) is 25.0 Å². The molecule has 1 saturated heterocycles. The van der Waals surface area contributed by atoms with E-state index in [2.05, 4.69) is 44.9 Å². The smallest absolute Gasteiger partial charge is 0.237 e. The largest absolute Gasteiger partial charge is 0.323 e. The third-order valence-corrected chi connectivity index (χ3v) is 8.09. The maximum absolute atomic E-state index is 13.6. The molecule has 1 saturated carbocycles. The highest BCUT2D eigenvalue weighted by Gasteiger charge is 2.45. The van der Waals surface area contributed by atoms with Crippen LogP contribution < -0.4 is 5.32 Å². The van der Waals surface area contributed by atoms with Gasteiger partial charge in [-0.3, -0.25) is 9.48 Å². The Hall–Kier alpha value is -1.28. The van der Waals surface area contributed by atoms with Crippen molar-refractivity contribution in [3.05, 3.63) is 12.7 Å². The van der Waals surface area contributed by atoms with Crippen molar-refractivity contribution in [2.75, 3.05) is 17.5 Å². The average Bonchev–Trinajstić information content (AvgIpc) is 3.40. The van der Waals surface area contributed by atoms with Crippen LogP contribution >= 0.6 is 22.6 Å². The molecule has 9 heteroatoms. The molecule has 154 valence electrons. The lowest BCUT2D eigenvalue weighted by atomic mass is 9.77. The Morgan fingerprint density at radius 2 is 2.32 bits per heavy atom. The third kappa shape index (κ3) is 4.64. The highest BCUT2D eigenvalue weighted by molar-refractivity contribution is 14.1. The minimum absolute atomic E-state index is 0.0396. The Bertz CT molecular complexity index is 695. The van der Waals surface area contributed by atoms with E-state index in [4.69, 9.17) is 5.26 Å². The summed E-state index contributed by atoms with van der Waals surface area (Å²) < 4.78 is 16.5. The lowest BCUT2D eigenvalue weighted by Gasteiger charge is -2.36. The zero-order valence-electron chi connectivity index (χ0n) is 16.2. The van der Waals surface area contributed by atoms with Crippen LogP contribution in [0.15, 0.2) is 12.7 Å². The minimum Gasteiger partial charge on any atom is -0.323 e. The molecule has 28 heavy (non-hydrogen) atoms. The second-order valence-electron chi connectivity index (χ2n) is 8.17. The summed E-state index contributed by atoms with van der Waals surface area (Å²) in [4.78, 5) is 17.9. The SMILES string of the molecule is CC1(CI)[C@H](CCCn2cncn2)CC[C@@H]1NCC(=O)N1C[C@@H](F)C[C@H]1C#N. The van der Waals surface area contributed by atoms with Crippen LogP contribution in [0.5, 0.6) is 0 Å². The molecule has 2 aliphatic rings. The monoisotopic (exact) mass is 502 g/mol. The zero-order chi connectivity index (χ0) is 20.1. The minimum atomic E-state index is -1.09. The van der Waals surface area contributed by atoms with Crippen LogP contribution in [0.2, 0.25) is 0 Å². The van der Waals surface area contributed by atoms with Crippen molar-refractivity contribution >= 4 is 28.5 Å². The van der Waals surface area contributed by atoms with Gasteiger partial charge in [0.2, 0.25) is 5.91 Å². The van der Waals surface area contributed by atoms with Gasteiger partial charge in [-0.15, -0.1) is 0 Å². The fourth-order valence-electron chi connectivity index (χ4n) is 4.67. The van der Waals surface area contributed by atoms with E-state index in [1.807, 2.05) is 10.8 Å². The number of amides is 1. The van der Waals surface area contributed by atoms with Crippen LogP contribution in [0, 0.1) is 22.7 Å². The van der Waals surface area contributed by atoms with Crippen molar-refractivity contribution in [3.63, 3.8) is 0 Å². The number of nitrogens with one attached hydrogen (secondary N) is 1. The molecular formula is C19H28FIN6O. The third-order valence-electron chi connectivity index (χ3n) is 6.45. The number of halogens is 2. The standard InChI is InChI=1S/C19H28FIN6O/c1-19(11-21)14(3-2-6-26-13-23-12-25-26)4-5-17(19)24-9-18(28)27-10-15(20)7-16(27)8-22/h12-17,24H,2-7,9-11H2,1H3/t14-,15+,16+,17+,19?/m1/s1. The van der Waals surface area contributed by atoms with Crippen molar-refractivity contribution in [1.29, 1.82) is 5.26 Å². The van der Waals surface area contributed by atoms with Crippen molar-refractivity contribution in [3.8, 4) is 6.07 Å². The highest BCUT2D eigenvalue weighted by Crippen LogP contribution is 2.47. The fraction of sp³-hybridized carbons (Fsp3) is 0.789. The zero-order valence-corrected chi connectivity index (χ0v) is 18.4. The molecule has 1 aliphatic carbocycles. The molecule has 1 aliphatic heterocycles. The molecule has 1 aromatic heterocycles. The molecule has 0 spiro atoms. The normalized spacial score (nSPS) is 32.6. The summed E-state index contributed by atoms with van der Waals surface area (Å²) in [5, 5.41) is 16.7. The van der Waals surface area contributed by atoms with Crippen LogP contribution in [0.1, 0.15) is 39.0 Å². The number of likely N-dealkylation sites (tertiary alicyclic amines) is 1. The first-order valence-corrected chi connectivity index (χ1v) is 11.5. The molecule has 0 aromatic carbocycles. The molecule has 7 nitrogen and oxygen atoms in total. The van der Waals surface area contributed by atoms with E-state index in [1.165, 1.54) is 4.90 Å². The number of carbonyl (C=O) groups excluding carboxylic acids is 1. The summed E-state index contributed by atoms with van der Waals surface area (Å²) in [7, 11) is 0. The first-order valence-electron chi connectivity index (χ1n) is 9.93. The van der Waals surface area contributed by atoms with E-state index in [-0.39, 0.29) is 36.9 Å². The number of alkyl halides is 2. The predicted octanol–water partition coefficient (Wildman–Crippen LogP) is 2.33. The van der Waals surface area contributed by atoms with Crippen LogP contribution in [0.4, 0.5) is 4.39 Å². The van der Waals surface area contributed by atoms with Crippen molar-refractivity contribution in [2.24, 2.45) is 11.3 Å². The molecule has 1 amide bonds. The number of aryl methyl sites for hydroxylation is 1. The predicted molar refractivity (Wildman–Crippen MR) is 111 cm³/mol. The van der Waals surface area contributed by atoms with Crippen LogP contribution in [0.3, 0.4) is 0 Å². The van der Waals surface area contributed by atoms with Gasteiger partial charge in [-0.05, 0) is 37.0 Å². The fourth-order valence-corrected chi connectivity index (χ4v) is 5.82. The van der Waals surface area contributed by atoms with Gasteiger partial charge in [-0.2, -0.15) is 10.4 Å². The summed E-state index contributed by atoms with van der Waals surface area (Å²) in [6.07, 6.45) is 6.70. The molecule has 2 heterocycles. The van der Waals surface area contributed by atoms with Crippen molar-refractivity contribution < 1.29 is 9.18 Å². The molecule has 1 N–H and O–H groups in total. The highest BCUT2D eigenvalue weighted by atomic mass is 127. The Morgan fingerprint density at radius 3 is 3.00 bits per heavy atom. The van der Waals surface area contributed by atoms with Gasteiger partial charge in [0.25, 0.3) is 0 Å². The molecular weight excluding hydrogens is 474 g/mol. The molecule has 1 unspecified atom stereocenters. The summed E-state index contributed by atoms with van der Waals surface area (Å²) >= 11 is 2.45. The first kappa shape index (κ1) is 21.4. The number of rotatable bonds is 8. The van der Waals surface area contributed by atoms with Gasteiger partial charge in [-0.1, -0.05) is 29.5 Å². The Kier molecular flexibility index (Phi) is 7.25. The van der Waals surface area contributed by atoms with Gasteiger partial charge in [0, 0.05) is 23.4 Å². The number of nitrogens with zero attached hydrogens (tertiary/aromatic N) is 5.